The van der Waals surface area contributed by atoms with Gasteiger partial charge in [-0.25, -0.2) is 16.8 Å². The lowest BCUT2D eigenvalue weighted by atomic mass is 10.2. The van der Waals surface area contributed by atoms with Gasteiger partial charge < -0.3 is 0 Å². The lowest BCUT2D eigenvalue weighted by Gasteiger charge is -2.14. The SMILES string of the molecule is Cc1ccc(S(=O)(=O)Nc2ccccc2NS(=O)(=O)Cc2ccccc2)cc1. The van der Waals surface area contributed by atoms with E-state index in [0.29, 0.717) is 5.56 Å². The maximum Gasteiger partial charge on any atom is 0.261 e. The molecule has 0 unspecified atom stereocenters. The highest BCUT2D eigenvalue weighted by Crippen LogP contribution is 2.26. The number of aryl methyl sites for hydroxylation is 1. The van der Waals surface area contributed by atoms with E-state index >= 15 is 0 Å². The Morgan fingerprint density at radius 1 is 0.679 bits per heavy atom. The molecule has 0 aliphatic heterocycles. The third kappa shape index (κ3) is 5.11. The molecule has 0 aliphatic carbocycles. The topological polar surface area (TPSA) is 92.3 Å². The predicted octanol–water partition coefficient (Wildman–Crippen LogP) is 3.74. The summed E-state index contributed by atoms with van der Waals surface area (Å²) in [5, 5.41) is 0. The number of hydrogen-bond donors (Lipinski definition) is 2. The Morgan fingerprint density at radius 3 is 1.82 bits per heavy atom. The summed E-state index contributed by atoms with van der Waals surface area (Å²) in [6.45, 7) is 1.86. The number of anilines is 2. The van der Waals surface area contributed by atoms with Crippen LogP contribution in [0.15, 0.2) is 83.8 Å². The quantitative estimate of drug-likeness (QED) is 0.614. The molecular weight excluding hydrogens is 396 g/mol. The fraction of sp³-hybridized carbons (Fsp3) is 0.100. The van der Waals surface area contributed by atoms with Gasteiger partial charge in [-0.1, -0.05) is 60.2 Å². The average Bonchev–Trinajstić information content (AvgIpc) is 2.64. The Hall–Kier alpha value is -2.84. The number of benzene rings is 3. The van der Waals surface area contributed by atoms with Crippen LogP contribution in [0, 0.1) is 6.92 Å². The minimum atomic E-state index is -3.85. The summed E-state index contributed by atoms with van der Waals surface area (Å²) in [6, 6.07) is 21.4. The molecule has 3 rings (SSSR count). The molecule has 0 bridgehead atoms. The summed E-state index contributed by atoms with van der Waals surface area (Å²) in [7, 11) is -7.57. The number of rotatable bonds is 7. The molecular formula is C20H20N2O4S2. The van der Waals surface area contributed by atoms with Gasteiger partial charge in [0.05, 0.1) is 22.0 Å². The maximum absolute atomic E-state index is 12.6. The summed E-state index contributed by atoms with van der Waals surface area (Å²) in [6.07, 6.45) is 0. The van der Waals surface area contributed by atoms with Crippen LogP contribution in [0.1, 0.15) is 11.1 Å². The fourth-order valence-electron chi connectivity index (χ4n) is 2.58. The van der Waals surface area contributed by atoms with E-state index in [1.165, 1.54) is 24.3 Å². The van der Waals surface area contributed by atoms with Crippen molar-refractivity contribution in [2.24, 2.45) is 0 Å². The minimum Gasteiger partial charge on any atom is -0.281 e. The van der Waals surface area contributed by atoms with Crippen molar-refractivity contribution in [2.75, 3.05) is 9.44 Å². The molecule has 0 spiro atoms. The number of sulfonamides is 2. The summed E-state index contributed by atoms with van der Waals surface area (Å²) in [5.74, 6) is -0.215. The molecule has 2 N–H and O–H groups in total. The minimum absolute atomic E-state index is 0.0973. The molecule has 0 saturated heterocycles. The van der Waals surface area contributed by atoms with E-state index in [1.807, 2.05) is 6.92 Å². The predicted molar refractivity (Wildman–Crippen MR) is 111 cm³/mol. The van der Waals surface area contributed by atoms with E-state index in [1.54, 1.807) is 54.6 Å². The van der Waals surface area contributed by atoms with Crippen LogP contribution in [0.4, 0.5) is 11.4 Å². The molecule has 0 saturated carbocycles. The highest BCUT2D eigenvalue weighted by molar-refractivity contribution is 7.93. The summed E-state index contributed by atoms with van der Waals surface area (Å²) in [4.78, 5) is 0.0973. The Kier molecular flexibility index (Phi) is 5.71. The normalized spacial score (nSPS) is 11.8. The third-order valence-corrected chi connectivity index (χ3v) is 6.59. The van der Waals surface area contributed by atoms with Crippen molar-refractivity contribution in [3.8, 4) is 0 Å². The standard InChI is InChI=1S/C20H20N2O4S2/c1-16-11-13-18(14-12-16)28(25,26)22-20-10-6-5-9-19(20)21-27(23,24)15-17-7-3-2-4-8-17/h2-14,21-22H,15H2,1H3. The Bertz CT molecular complexity index is 1160. The first-order chi connectivity index (χ1) is 13.3. The molecule has 6 nitrogen and oxygen atoms in total. The fourth-order valence-corrected chi connectivity index (χ4v) is 4.88. The van der Waals surface area contributed by atoms with Gasteiger partial charge in [0.15, 0.2) is 0 Å². The van der Waals surface area contributed by atoms with Crippen molar-refractivity contribution in [3.63, 3.8) is 0 Å². The zero-order valence-corrected chi connectivity index (χ0v) is 16.8. The number of para-hydroxylation sites is 2. The molecule has 0 fully saturated rings. The van der Waals surface area contributed by atoms with E-state index in [0.717, 1.165) is 5.56 Å². The Balaban J connectivity index is 1.84. The number of hydrogen-bond acceptors (Lipinski definition) is 4. The van der Waals surface area contributed by atoms with Crippen LogP contribution >= 0.6 is 0 Å². The molecule has 0 heterocycles. The van der Waals surface area contributed by atoms with Gasteiger partial charge in [0, 0.05) is 0 Å². The first-order valence-electron chi connectivity index (χ1n) is 8.48. The molecule has 0 atom stereocenters. The summed E-state index contributed by atoms with van der Waals surface area (Å²) in [5.41, 5.74) is 1.88. The van der Waals surface area contributed by atoms with Gasteiger partial charge in [0.1, 0.15) is 0 Å². The van der Waals surface area contributed by atoms with Crippen molar-refractivity contribution in [1.29, 1.82) is 0 Å². The van der Waals surface area contributed by atoms with Gasteiger partial charge in [-0.05, 0) is 36.8 Å². The molecule has 3 aromatic carbocycles. The van der Waals surface area contributed by atoms with Crippen LogP contribution in [-0.4, -0.2) is 16.8 Å². The second-order valence-electron chi connectivity index (χ2n) is 6.31. The molecule has 28 heavy (non-hydrogen) atoms. The van der Waals surface area contributed by atoms with Crippen LogP contribution < -0.4 is 9.44 Å². The first kappa shape index (κ1) is 19.9. The average molecular weight is 417 g/mol. The van der Waals surface area contributed by atoms with Gasteiger partial charge in [-0.3, -0.25) is 9.44 Å². The smallest absolute Gasteiger partial charge is 0.261 e. The van der Waals surface area contributed by atoms with E-state index in [4.69, 9.17) is 0 Å². The second-order valence-corrected chi connectivity index (χ2v) is 9.72. The lowest BCUT2D eigenvalue weighted by molar-refractivity contribution is 0.598. The third-order valence-electron chi connectivity index (χ3n) is 3.97. The van der Waals surface area contributed by atoms with Crippen LogP contribution in [0.25, 0.3) is 0 Å². The van der Waals surface area contributed by atoms with Crippen LogP contribution in [0.5, 0.6) is 0 Å². The van der Waals surface area contributed by atoms with Crippen molar-refractivity contribution >= 4 is 31.4 Å². The molecule has 8 heteroatoms. The zero-order valence-electron chi connectivity index (χ0n) is 15.2. The zero-order chi connectivity index (χ0) is 20.2. The highest BCUT2D eigenvalue weighted by Gasteiger charge is 2.18. The molecule has 0 radical (unpaired) electrons. The lowest BCUT2D eigenvalue weighted by Crippen LogP contribution is -2.18. The van der Waals surface area contributed by atoms with Crippen LogP contribution in [0.2, 0.25) is 0 Å². The van der Waals surface area contributed by atoms with E-state index in [9.17, 15) is 16.8 Å². The Labute approximate surface area is 165 Å². The summed E-state index contributed by atoms with van der Waals surface area (Å²) >= 11 is 0. The molecule has 0 aliphatic rings. The van der Waals surface area contributed by atoms with Gasteiger partial charge in [-0.15, -0.1) is 0 Å². The highest BCUT2D eigenvalue weighted by atomic mass is 32.2. The van der Waals surface area contributed by atoms with E-state index in [2.05, 4.69) is 9.44 Å². The monoisotopic (exact) mass is 416 g/mol. The number of nitrogens with one attached hydrogen (secondary N) is 2. The molecule has 0 amide bonds. The largest absolute Gasteiger partial charge is 0.281 e. The second kappa shape index (κ2) is 8.04. The molecule has 146 valence electrons. The van der Waals surface area contributed by atoms with Crippen molar-refractivity contribution in [3.05, 3.63) is 90.0 Å². The van der Waals surface area contributed by atoms with E-state index in [-0.39, 0.29) is 22.0 Å². The van der Waals surface area contributed by atoms with Crippen LogP contribution in [-0.2, 0) is 25.8 Å². The molecule has 0 aromatic heterocycles. The Morgan fingerprint density at radius 2 is 1.21 bits per heavy atom. The van der Waals surface area contributed by atoms with Crippen molar-refractivity contribution in [1.82, 2.24) is 0 Å². The maximum atomic E-state index is 12.6. The van der Waals surface area contributed by atoms with E-state index < -0.39 is 20.0 Å². The summed E-state index contributed by atoms with van der Waals surface area (Å²) < 4.78 is 55.2. The van der Waals surface area contributed by atoms with Gasteiger partial charge in [0.25, 0.3) is 10.0 Å². The van der Waals surface area contributed by atoms with Crippen molar-refractivity contribution < 1.29 is 16.8 Å². The first-order valence-corrected chi connectivity index (χ1v) is 11.6. The van der Waals surface area contributed by atoms with Crippen molar-refractivity contribution in [2.45, 2.75) is 17.6 Å². The van der Waals surface area contributed by atoms with Gasteiger partial charge in [-0.2, -0.15) is 0 Å². The molecule has 3 aromatic rings. The van der Waals surface area contributed by atoms with Crippen LogP contribution in [0.3, 0.4) is 0 Å². The van der Waals surface area contributed by atoms with Gasteiger partial charge in [0.2, 0.25) is 10.0 Å². The van der Waals surface area contributed by atoms with Gasteiger partial charge >= 0.3 is 0 Å².